The third-order valence-electron chi connectivity index (χ3n) is 7.56. The van der Waals surface area contributed by atoms with Crippen molar-refractivity contribution in [3.05, 3.63) is 102 Å². The van der Waals surface area contributed by atoms with Crippen LogP contribution >= 0.6 is 0 Å². The number of hydrogen-bond acceptors (Lipinski definition) is 6. The molecule has 4 atom stereocenters. The van der Waals surface area contributed by atoms with Crippen LogP contribution in [0, 0.1) is 11.8 Å². The third-order valence-corrected chi connectivity index (χ3v) is 7.56. The summed E-state index contributed by atoms with van der Waals surface area (Å²) < 4.78 is 0. The molecule has 3 aromatic carbocycles. The van der Waals surface area contributed by atoms with Crippen LogP contribution < -0.4 is 10.6 Å². The number of imide groups is 1. The molecule has 40 heavy (non-hydrogen) atoms. The lowest BCUT2D eigenvalue weighted by Crippen LogP contribution is -2.57. The highest BCUT2D eigenvalue weighted by Crippen LogP contribution is 2.50. The molecule has 204 valence electrons. The van der Waals surface area contributed by atoms with Crippen LogP contribution in [0.4, 0.5) is 5.69 Å². The molecule has 9 nitrogen and oxygen atoms in total. The molecule has 0 aromatic heterocycles. The van der Waals surface area contributed by atoms with Crippen LogP contribution in [0.1, 0.15) is 29.2 Å². The molecule has 2 saturated heterocycles. The molecule has 0 bridgehead atoms. The van der Waals surface area contributed by atoms with Gasteiger partial charge in [-0.2, -0.15) is 0 Å². The summed E-state index contributed by atoms with van der Waals surface area (Å²) in [7, 11) is 0. The fraction of sp³-hybridized carbons (Fsp3) is 0.226. The number of nitrogens with one attached hydrogen (secondary N) is 2. The van der Waals surface area contributed by atoms with Gasteiger partial charge in [0.1, 0.15) is 5.54 Å². The van der Waals surface area contributed by atoms with Crippen LogP contribution in [0.5, 0.6) is 0 Å². The van der Waals surface area contributed by atoms with Crippen LogP contribution in [-0.2, 0) is 19.2 Å². The molecule has 0 radical (unpaired) electrons. The highest BCUT2D eigenvalue weighted by Gasteiger charge is 2.68. The largest absolute Gasteiger partial charge is 0.481 e. The van der Waals surface area contributed by atoms with Crippen molar-refractivity contribution < 1.29 is 29.4 Å². The van der Waals surface area contributed by atoms with Gasteiger partial charge < -0.3 is 15.5 Å². The first-order valence-corrected chi connectivity index (χ1v) is 13.0. The number of carbonyl (C=O) groups excluding carboxylic acids is 2. The van der Waals surface area contributed by atoms with Gasteiger partial charge in [-0.25, -0.2) is 0 Å². The Kier molecular flexibility index (Phi) is 7.48. The SMILES string of the molecule is O=C(O)CC1(C(=O)O)NC(c2ccc(C=Cc3ccccc3)cc2)C2C(=O)N(CCNc3ccccc3)C(=O)C21. The van der Waals surface area contributed by atoms with Gasteiger partial charge in [0, 0.05) is 24.8 Å². The maximum Gasteiger partial charge on any atom is 0.325 e. The summed E-state index contributed by atoms with van der Waals surface area (Å²) >= 11 is 0. The normalized spacial score (nSPS) is 23.9. The first-order valence-electron chi connectivity index (χ1n) is 13.0. The Morgan fingerprint density at radius 1 is 0.850 bits per heavy atom. The van der Waals surface area contributed by atoms with Crippen molar-refractivity contribution in [2.24, 2.45) is 11.8 Å². The lowest BCUT2D eigenvalue weighted by atomic mass is 9.77. The molecule has 4 unspecified atom stereocenters. The number of likely N-dealkylation sites (tertiary alicyclic amines) is 1. The Morgan fingerprint density at radius 2 is 1.45 bits per heavy atom. The maximum absolute atomic E-state index is 13.6. The Hall–Kier alpha value is -4.76. The van der Waals surface area contributed by atoms with Gasteiger partial charge >= 0.3 is 11.9 Å². The zero-order valence-electron chi connectivity index (χ0n) is 21.6. The van der Waals surface area contributed by atoms with Crippen molar-refractivity contribution in [2.45, 2.75) is 18.0 Å². The minimum absolute atomic E-state index is 0.0261. The number of rotatable bonds is 10. The molecule has 5 rings (SSSR count). The number of carbonyl (C=O) groups is 4. The Labute approximate surface area is 231 Å². The van der Waals surface area contributed by atoms with E-state index in [2.05, 4.69) is 10.6 Å². The quantitative estimate of drug-likeness (QED) is 0.227. The average Bonchev–Trinajstić information content (AvgIpc) is 3.42. The lowest BCUT2D eigenvalue weighted by Gasteiger charge is -2.29. The Morgan fingerprint density at radius 3 is 2.05 bits per heavy atom. The van der Waals surface area contributed by atoms with Crippen molar-refractivity contribution in [3.63, 3.8) is 0 Å². The fourth-order valence-electron chi connectivity index (χ4n) is 5.68. The van der Waals surface area contributed by atoms with E-state index in [-0.39, 0.29) is 13.1 Å². The summed E-state index contributed by atoms with van der Waals surface area (Å²) in [5.41, 5.74) is 1.21. The van der Waals surface area contributed by atoms with Gasteiger partial charge in [0.25, 0.3) is 0 Å². The number of nitrogens with zero attached hydrogens (tertiary/aromatic N) is 1. The van der Waals surface area contributed by atoms with Crippen LogP contribution in [0.3, 0.4) is 0 Å². The number of hydrogen-bond donors (Lipinski definition) is 4. The molecule has 2 heterocycles. The van der Waals surface area contributed by atoms with E-state index < -0.39 is 53.6 Å². The number of para-hydroxylation sites is 1. The molecule has 2 fully saturated rings. The number of anilines is 1. The van der Waals surface area contributed by atoms with E-state index in [4.69, 9.17) is 0 Å². The molecule has 0 spiro atoms. The standard InChI is InChI=1S/C31H29N3O6/c35-24(36)19-31(30(39)40)26-25(28(37)34(29(26)38)18-17-32-23-9-5-2-6-10-23)27(33-31)22-15-13-21(14-16-22)12-11-20-7-3-1-4-8-20/h1-16,25-27,32-33H,17-19H2,(H,35,36)(H,39,40). The minimum atomic E-state index is -2.12. The maximum atomic E-state index is 13.6. The van der Waals surface area contributed by atoms with E-state index >= 15 is 0 Å². The predicted molar refractivity (Wildman–Crippen MR) is 149 cm³/mol. The van der Waals surface area contributed by atoms with Crippen LogP contribution in [0.2, 0.25) is 0 Å². The van der Waals surface area contributed by atoms with Crippen molar-refractivity contribution >= 4 is 41.6 Å². The molecule has 4 N–H and O–H groups in total. The first-order chi connectivity index (χ1) is 19.3. The summed E-state index contributed by atoms with van der Waals surface area (Å²) in [6.45, 7) is 0.290. The van der Waals surface area contributed by atoms with E-state index in [0.717, 1.165) is 21.7 Å². The van der Waals surface area contributed by atoms with Crippen LogP contribution in [-0.4, -0.2) is 57.5 Å². The first kappa shape index (κ1) is 26.8. The van der Waals surface area contributed by atoms with Crippen molar-refractivity contribution in [1.29, 1.82) is 0 Å². The second kappa shape index (κ2) is 11.2. The average molecular weight is 540 g/mol. The summed E-state index contributed by atoms with van der Waals surface area (Å²) in [6, 6.07) is 25.4. The second-order valence-electron chi connectivity index (χ2n) is 10.0. The topological polar surface area (TPSA) is 136 Å². The summed E-state index contributed by atoms with van der Waals surface area (Å²) in [5, 5.41) is 25.9. The predicted octanol–water partition coefficient (Wildman–Crippen LogP) is 3.51. The van der Waals surface area contributed by atoms with Gasteiger partial charge in [-0.1, -0.05) is 84.9 Å². The summed E-state index contributed by atoms with van der Waals surface area (Å²) in [5.74, 6) is -6.44. The van der Waals surface area contributed by atoms with Gasteiger partial charge in [-0.15, -0.1) is 0 Å². The van der Waals surface area contributed by atoms with Gasteiger partial charge in [0.05, 0.1) is 18.3 Å². The molecule has 2 aliphatic heterocycles. The van der Waals surface area contributed by atoms with Gasteiger partial charge in [0.15, 0.2) is 0 Å². The number of benzene rings is 3. The molecule has 9 heteroatoms. The van der Waals surface area contributed by atoms with Crippen LogP contribution in [0.15, 0.2) is 84.9 Å². The lowest BCUT2D eigenvalue weighted by molar-refractivity contribution is -0.155. The molecule has 0 saturated carbocycles. The van der Waals surface area contributed by atoms with Crippen molar-refractivity contribution in [2.75, 3.05) is 18.4 Å². The monoisotopic (exact) mass is 539 g/mol. The smallest absolute Gasteiger partial charge is 0.325 e. The van der Waals surface area contributed by atoms with Gasteiger partial charge in [0.2, 0.25) is 11.8 Å². The zero-order valence-corrected chi connectivity index (χ0v) is 21.6. The Bertz CT molecular complexity index is 1440. The molecule has 0 aliphatic carbocycles. The Balaban J connectivity index is 1.42. The zero-order chi connectivity index (χ0) is 28.3. The van der Waals surface area contributed by atoms with E-state index in [9.17, 15) is 29.4 Å². The number of amides is 2. The van der Waals surface area contributed by atoms with Gasteiger partial charge in [-0.05, 0) is 28.8 Å². The highest BCUT2D eigenvalue weighted by molar-refractivity contribution is 6.10. The molecular weight excluding hydrogens is 510 g/mol. The molecule has 3 aromatic rings. The number of carboxylic acid groups (broad SMARTS) is 2. The number of aliphatic carboxylic acids is 2. The van der Waals surface area contributed by atoms with E-state index in [1.165, 1.54) is 0 Å². The molecule has 2 amide bonds. The van der Waals surface area contributed by atoms with E-state index in [1.54, 1.807) is 12.1 Å². The molecular formula is C31H29N3O6. The fourth-order valence-corrected chi connectivity index (χ4v) is 5.68. The second-order valence-corrected chi connectivity index (χ2v) is 10.0. The van der Waals surface area contributed by atoms with Crippen molar-refractivity contribution in [3.8, 4) is 0 Å². The summed E-state index contributed by atoms with van der Waals surface area (Å²) in [4.78, 5) is 52.6. The molecule has 2 aliphatic rings. The summed E-state index contributed by atoms with van der Waals surface area (Å²) in [6.07, 6.45) is 3.05. The minimum Gasteiger partial charge on any atom is -0.481 e. The number of fused-ring (bicyclic) bond motifs is 1. The van der Waals surface area contributed by atoms with Gasteiger partial charge in [-0.3, -0.25) is 29.4 Å². The van der Waals surface area contributed by atoms with Crippen LogP contribution in [0.25, 0.3) is 12.2 Å². The highest BCUT2D eigenvalue weighted by atomic mass is 16.4. The van der Waals surface area contributed by atoms with E-state index in [0.29, 0.717) is 5.56 Å². The van der Waals surface area contributed by atoms with E-state index in [1.807, 2.05) is 84.9 Å². The van der Waals surface area contributed by atoms with Crippen molar-refractivity contribution in [1.82, 2.24) is 10.2 Å². The third kappa shape index (κ3) is 5.11. The number of carboxylic acids is 2.